The van der Waals surface area contributed by atoms with E-state index in [2.05, 4.69) is 5.16 Å². The van der Waals surface area contributed by atoms with Crippen molar-refractivity contribution in [2.45, 2.75) is 6.18 Å². The molecule has 3 rings (SSSR count). The Balaban J connectivity index is 1.90. The molecule has 5 heteroatoms. The zero-order valence-electron chi connectivity index (χ0n) is 10.8. The second kappa shape index (κ2) is 5.09. The van der Waals surface area contributed by atoms with Crippen LogP contribution in [0.15, 0.2) is 65.2 Å². The first kappa shape index (κ1) is 13.4. The molecule has 0 aliphatic heterocycles. The highest BCUT2D eigenvalue weighted by Gasteiger charge is 2.30. The molecular weight excluding hydrogens is 279 g/mol. The van der Waals surface area contributed by atoms with Gasteiger partial charge in [0.1, 0.15) is 5.69 Å². The summed E-state index contributed by atoms with van der Waals surface area (Å²) in [5, 5.41) is 3.90. The largest absolute Gasteiger partial charge is 0.416 e. The van der Waals surface area contributed by atoms with Crippen molar-refractivity contribution in [1.82, 2.24) is 5.16 Å². The molecule has 0 amide bonds. The van der Waals surface area contributed by atoms with Crippen LogP contribution >= 0.6 is 0 Å². The first-order chi connectivity index (χ1) is 10.0. The maximum atomic E-state index is 12.5. The summed E-state index contributed by atoms with van der Waals surface area (Å²) in [6.45, 7) is 0. The standard InChI is InChI=1S/C16H10F3NO/c17-16(18,19)13-8-6-11(7-9-13)14-10-15(21-20-14)12-4-2-1-3-5-12/h1-10H. The molecule has 0 unspecified atom stereocenters. The van der Waals surface area contributed by atoms with Gasteiger partial charge in [0.2, 0.25) is 0 Å². The maximum Gasteiger partial charge on any atom is 0.416 e. The number of halogens is 3. The highest BCUT2D eigenvalue weighted by Crippen LogP contribution is 2.31. The van der Waals surface area contributed by atoms with Crippen molar-refractivity contribution < 1.29 is 17.7 Å². The minimum absolute atomic E-state index is 0.502. The fraction of sp³-hybridized carbons (Fsp3) is 0.0625. The van der Waals surface area contributed by atoms with E-state index >= 15 is 0 Å². The summed E-state index contributed by atoms with van der Waals surface area (Å²) >= 11 is 0. The van der Waals surface area contributed by atoms with Gasteiger partial charge in [0.15, 0.2) is 5.76 Å². The van der Waals surface area contributed by atoms with E-state index in [4.69, 9.17) is 4.52 Å². The molecule has 2 aromatic carbocycles. The Morgan fingerprint density at radius 1 is 0.810 bits per heavy atom. The second-order valence-electron chi connectivity index (χ2n) is 4.52. The third kappa shape index (κ3) is 2.81. The van der Waals surface area contributed by atoms with E-state index in [1.165, 1.54) is 12.1 Å². The fourth-order valence-electron chi connectivity index (χ4n) is 1.98. The van der Waals surface area contributed by atoms with Crippen molar-refractivity contribution in [3.8, 4) is 22.6 Å². The fourth-order valence-corrected chi connectivity index (χ4v) is 1.98. The lowest BCUT2D eigenvalue weighted by Gasteiger charge is -2.06. The van der Waals surface area contributed by atoms with E-state index in [0.717, 1.165) is 17.7 Å². The summed E-state index contributed by atoms with van der Waals surface area (Å²) in [5.74, 6) is 0.575. The number of aromatic nitrogens is 1. The summed E-state index contributed by atoms with van der Waals surface area (Å²) in [6.07, 6.45) is -4.34. The van der Waals surface area contributed by atoms with Gasteiger partial charge in [-0.2, -0.15) is 13.2 Å². The van der Waals surface area contributed by atoms with E-state index in [1.54, 1.807) is 6.07 Å². The summed E-state index contributed by atoms with van der Waals surface area (Å²) < 4.78 is 42.8. The predicted octanol–water partition coefficient (Wildman–Crippen LogP) is 5.03. The average molecular weight is 289 g/mol. The first-order valence-electron chi connectivity index (χ1n) is 6.24. The smallest absolute Gasteiger partial charge is 0.356 e. The maximum absolute atomic E-state index is 12.5. The monoisotopic (exact) mass is 289 g/mol. The molecular formula is C16H10F3NO. The van der Waals surface area contributed by atoms with Gasteiger partial charge >= 0.3 is 6.18 Å². The van der Waals surface area contributed by atoms with Gasteiger partial charge in [0, 0.05) is 17.2 Å². The van der Waals surface area contributed by atoms with Crippen LogP contribution in [0.5, 0.6) is 0 Å². The van der Waals surface area contributed by atoms with Crippen LogP contribution in [0.25, 0.3) is 22.6 Å². The van der Waals surface area contributed by atoms with E-state index in [-0.39, 0.29) is 0 Å². The molecule has 21 heavy (non-hydrogen) atoms. The third-order valence-corrected chi connectivity index (χ3v) is 3.08. The van der Waals surface area contributed by atoms with Crippen molar-refractivity contribution in [2.75, 3.05) is 0 Å². The molecule has 0 radical (unpaired) electrons. The van der Waals surface area contributed by atoms with Gasteiger partial charge in [-0.05, 0) is 12.1 Å². The Hall–Kier alpha value is -2.56. The molecule has 0 N–H and O–H groups in total. The average Bonchev–Trinajstić information content (AvgIpc) is 2.97. The molecule has 0 saturated carbocycles. The van der Waals surface area contributed by atoms with Crippen molar-refractivity contribution >= 4 is 0 Å². The van der Waals surface area contributed by atoms with E-state index < -0.39 is 11.7 Å². The zero-order valence-corrected chi connectivity index (χ0v) is 10.8. The van der Waals surface area contributed by atoms with E-state index in [0.29, 0.717) is 17.0 Å². The van der Waals surface area contributed by atoms with Crippen LogP contribution in [0, 0.1) is 0 Å². The number of nitrogens with zero attached hydrogens (tertiary/aromatic N) is 1. The van der Waals surface area contributed by atoms with Gasteiger partial charge in [-0.15, -0.1) is 0 Å². The van der Waals surface area contributed by atoms with Gasteiger partial charge in [-0.1, -0.05) is 47.6 Å². The number of rotatable bonds is 2. The molecule has 0 aliphatic carbocycles. The lowest BCUT2D eigenvalue weighted by atomic mass is 10.1. The number of hydrogen-bond donors (Lipinski definition) is 0. The minimum atomic E-state index is -4.34. The summed E-state index contributed by atoms with van der Waals surface area (Å²) in [5.41, 5.74) is 1.26. The van der Waals surface area contributed by atoms with Crippen molar-refractivity contribution in [2.24, 2.45) is 0 Å². The number of benzene rings is 2. The molecule has 0 aliphatic rings. The summed E-state index contributed by atoms with van der Waals surface area (Å²) in [7, 11) is 0. The molecule has 0 saturated heterocycles. The predicted molar refractivity (Wildman–Crippen MR) is 72.4 cm³/mol. The Kier molecular flexibility index (Phi) is 3.25. The third-order valence-electron chi connectivity index (χ3n) is 3.08. The quantitative estimate of drug-likeness (QED) is 0.661. The van der Waals surface area contributed by atoms with Gasteiger partial charge in [0.05, 0.1) is 5.56 Å². The Morgan fingerprint density at radius 2 is 1.48 bits per heavy atom. The van der Waals surface area contributed by atoms with Crippen LogP contribution < -0.4 is 0 Å². The molecule has 0 bridgehead atoms. The number of hydrogen-bond acceptors (Lipinski definition) is 2. The van der Waals surface area contributed by atoms with Crippen molar-refractivity contribution in [1.29, 1.82) is 0 Å². The molecule has 0 fully saturated rings. The highest BCUT2D eigenvalue weighted by atomic mass is 19.4. The van der Waals surface area contributed by atoms with Crippen molar-refractivity contribution in [3.63, 3.8) is 0 Å². The zero-order chi connectivity index (χ0) is 14.9. The molecule has 0 spiro atoms. The highest BCUT2D eigenvalue weighted by molar-refractivity contribution is 5.66. The molecule has 1 aromatic heterocycles. The molecule has 2 nitrogen and oxygen atoms in total. The Bertz CT molecular complexity index is 730. The molecule has 106 valence electrons. The summed E-state index contributed by atoms with van der Waals surface area (Å²) in [6, 6.07) is 15.9. The lowest BCUT2D eigenvalue weighted by molar-refractivity contribution is -0.137. The Labute approximate surface area is 118 Å². The van der Waals surface area contributed by atoms with Crippen LogP contribution in [0.1, 0.15) is 5.56 Å². The summed E-state index contributed by atoms with van der Waals surface area (Å²) in [4.78, 5) is 0. The van der Waals surface area contributed by atoms with E-state index in [9.17, 15) is 13.2 Å². The van der Waals surface area contributed by atoms with Crippen LogP contribution in [-0.2, 0) is 6.18 Å². The van der Waals surface area contributed by atoms with Crippen molar-refractivity contribution in [3.05, 3.63) is 66.2 Å². The molecule has 3 aromatic rings. The van der Waals surface area contributed by atoms with Gasteiger partial charge < -0.3 is 4.52 Å². The molecule has 1 heterocycles. The minimum Gasteiger partial charge on any atom is -0.356 e. The first-order valence-corrected chi connectivity index (χ1v) is 6.24. The van der Waals surface area contributed by atoms with Crippen LogP contribution in [0.3, 0.4) is 0 Å². The van der Waals surface area contributed by atoms with Gasteiger partial charge in [-0.25, -0.2) is 0 Å². The van der Waals surface area contributed by atoms with E-state index in [1.807, 2.05) is 30.3 Å². The van der Waals surface area contributed by atoms with Gasteiger partial charge in [0.25, 0.3) is 0 Å². The van der Waals surface area contributed by atoms with Gasteiger partial charge in [-0.3, -0.25) is 0 Å². The number of alkyl halides is 3. The normalized spacial score (nSPS) is 11.6. The lowest BCUT2D eigenvalue weighted by Crippen LogP contribution is -2.03. The SMILES string of the molecule is FC(F)(F)c1ccc(-c2cc(-c3ccccc3)on2)cc1. The van der Waals surface area contributed by atoms with Crippen LogP contribution in [-0.4, -0.2) is 5.16 Å². The topological polar surface area (TPSA) is 26.0 Å². The Morgan fingerprint density at radius 3 is 2.10 bits per heavy atom. The molecule has 0 atom stereocenters. The second-order valence-corrected chi connectivity index (χ2v) is 4.52. The van der Waals surface area contributed by atoms with Crippen LogP contribution in [0.2, 0.25) is 0 Å². The van der Waals surface area contributed by atoms with Crippen LogP contribution in [0.4, 0.5) is 13.2 Å².